The molecule has 20 heavy (non-hydrogen) atoms. The van der Waals surface area contributed by atoms with Crippen LogP contribution >= 0.6 is 0 Å². The van der Waals surface area contributed by atoms with E-state index in [1.807, 2.05) is 7.05 Å². The molecule has 108 valence electrons. The zero-order valence-corrected chi connectivity index (χ0v) is 11.1. The summed E-state index contributed by atoms with van der Waals surface area (Å²) in [7, 11) is 1.97. The summed E-state index contributed by atoms with van der Waals surface area (Å²) >= 11 is 0. The molecular weight excluding hydrogens is 265 g/mol. The molecule has 1 aliphatic carbocycles. The molecule has 7 heteroatoms. The van der Waals surface area contributed by atoms with Crippen molar-refractivity contribution < 1.29 is 14.1 Å². The average Bonchev–Trinajstić information content (AvgIpc) is 3.22. The lowest BCUT2D eigenvalue weighted by Crippen LogP contribution is -2.34. The summed E-state index contributed by atoms with van der Waals surface area (Å²) in [6, 6.07) is 3.43. The smallest absolute Gasteiger partial charge is 0.282 e. The Bertz CT molecular complexity index is 532. The number of nitrogens with one attached hydrogen (secondary N) is 1. The van der Waals surface area contributed by atoms with E-state index in [-0.39, 0.29) is 11.3 Å². The Kier molecular flexibility index (Phi) is 4.29. The molecular formula is C13H16FN3O3. The monoisotopic (exact) mass is 281 g/mol. The van der Waals surface area contributed by atoms with Gasteiger partial charge in [0.1, 0.15) is 11.4 Å². The molecule has 0 spiro atoms. The summed E-state index contributed by atoms with van der Waals surface area (Å²) in [6.07, 6.45) is 2.33. The van der Waals surface area contributed by atoms with Crippen molar-refractivity contribution in [3.63, 3.8) is 0 Å². The van der Waals surface area contributed by atoms with E-state index >= 15 is 0 Å². The Balaban J connectivity index is 1.97. The fourth-order valence-corrected chi connectivity index (χ4v) is 1.99. The number of nitro groups is 1. The van der Waals surface area contributed by atoms with E-state index in [1.54, 1.807) is 0 Å². The number of hydrogen-bond acceptors (Lipinski definition) is 4. The SMILES string of the molecule is CN(CCNC(=O)c1cc(F)ccc1[N+](=O)[O-])C1CC1. The van der Waals surface area contributed by atoms with Gasteiger partial charge in [0.15, 0.2) is 0 Å². The van der Waals surface area contributed by atoms with Crippen molar-refractivity contribution in [2.75, 3.05) is 20.1 Å². The van der Waals surface area contributed by atoms with Gasteiger partial charge in [-0.15, -0.1) is 0 Å². The van der Waals surface area contributed by atoms with Gasteiger partial charge in [-0.1, -0.05) is 0 Å². The number of nitrogens with zero attached hydrogens (tertiary/aromatic N) is 2. The van der Waals surface area contributed by atoms with Gasteiger partial charge in [-0.25, -0.2) is 4.39 Å². The van der Waals surface area contributed by atoms with Crippen LogP contribution in [0.1, 0.15) is 23.2 Å². The highest BCUT2D eigenvalue weighted by Gasteiger charge is 2.26. The van der Waals surface area contributed by atoms with E-state index in [0.29, 0.717) is 19.1 Å². The van der Waals surface area contributed by atoms with Crippen LogP contribution in [0.25, 0.3) is 0 Å². The third-order valence-corrected chi connectivity index (χ3v) is 3.32. The van der Waals surface area contributed by atoms with E-state index in [0.717, 1.165) is 18.2 Å². The van der Waals surface area contributed by atoms with E-state index in [9.17, 15) is 19.3 Å². The first-order valence-electron chi connectivity index (χ1n) is 6.41. The van der Waals surface area contributed by atoms with Gasteiger partial charge in [0.25, 0.3) is 11.6 Å². The van der Waals surface area contributed by atoms with Crippen LogP contribution in [0.5, 0.6) is 0 Å². The van der Waals surface area contributed by atoms with Crippen LogP contribution in [0.15, 0.2) is 18.2 Å². The molecule has 0 atom stereocenters. The van der Waals surface area contributed by atoms with Gasteiger partial charge >= 0.3 is 0 Å². The molecule has 1 aromatic carbocycles. The Morgan fingerprint density at radius 2 is 2.25 bits per heavy atom. The van der Waals surface area contributed by atoms with Gasteiger partial charge in [0.05, 0.1) is 4.92 Å². The molecule has 0 radical (unpaired) electrons. The molecule has 1 fully saturated rings. The fraction of sp³-hybridized carbons (Fsp3) is 0.462. The molecule has 0 heterocycles. The van der Waals surface area contributed by atoms with Crippen LogP contribution < -0.4 is 5.32 Å². The standard InChI is InChI=1S/C13H16FN3O3/c1-16(10-3-4-10)7-6-15-13(18)11-8-9(14)2-5-12(11)17(19)20/h2,5,8,10H,3-4,6-7H2,1H3,(H,15,18). The predicted molar refractivity (Wildman–Crippen MR) is 71.0 cm³/mol. The molecule has 0 saturated heterocycles. The van der Waals surface area contributed by atoms with Crippen LogP contribution in [0.2, 0.25) is 0 Å². The number of likely N-dealkylation sites (N-methyl/N-ethyl adjacent to an activating group) is 1. The maximum Gasteiger partial charge on any atom is 0.282 e. The van der Waals surface area contributed by atoms with Crippen molar-refractivity contribution in [3.8, 4) is 0 Å². The zero-order valence-electron chi connectivity index (χ0n) is 11.1. The summed E-state index contributed by atoms with van der Waals surface area (Å²) in [5.41, 5.74) is -0.636. The highest BCUT2D eigenvalue weighted by Crippen LogP contribution is 2.24. The first-order valence-corrected chi connectivity index (χ1v) is 6.41. The van der Waals surface area contributed by atoms with Crippen molar-refractivity contribution in [2.45, 2.75) is 18.9 Å². The molecule has 0 aromatic heterocycles. The summed E-state index contributed by atoms with van der Waals surface area (Å²) in [4.78, 5) is 24.1. The van der Waals surface area contributed by atoms with Gasteiger partial charge in [-0.05, 0) is 32.0 Å². The highest BCUT2D eigenvalue weighted by molar-refractivity contribution is 5.98. The van der Waals surface area contributed by atoms with Crippen LogP contribution in [-0.4, -0.2) is 41.9 Å². The summed E-state index contributed by atoms with van der Waals surface area (Å²) in [5.74, 6) is -1.30. The Morgan fingerprint density at radius 1 is 1.55 bits per heavy atom. The number of carbonyl (C=O) groups excluding carboxylic acids is 1. The number of hydrogen-bond donors (Lipinski definition) is 1. The van der Waals surface area contributed by atoms with Crippen LogP contribution in [0, 0.1) is 15.9 Å². The Hall–Kier alpha value is -2.02. The average molecular weight is 281 g/mol. The highest BCUT2D eigenvalue weighted by atomic mass is 19.1. The van der Waals surface area contributed by atoms with Crippen molar-refractivity contribution in [3.05, 3.63) is 39.7 Å². The number of benzene rings is 1. The first-order chi connectivity index (χ1) is 9.49. The minimum atomic E-state index is -0.690. The van der Waals surface area contributed by atoms with Crippen LogP contribution in [-0.2, 0) is 0 Å². The van der Waals surface area contributed by atoms with Gasteiger partial charge in [0.2, 0.25) is 0 Å². The third kappa shape index (κ3) is 3.51. The van der Waals surface area contributed by atoms with E-state index in [2.05, 4.69) is 10.2 Å². The molecule has 1 N–H and O–H groups in total. The summed E-state index contributed by atoms with van der Waals surface area (Å²) in [5, 5.41) is 13.4. The van der Waals surface area contributed by atoms with Gasteiger partial charge in [0, 0.05) is 25.2 Å². The van der Waals surface area contributed by atoms with Crippen LogP contribution in [0.4, 0.5) is 10.1 Å². The van der Waals surface area contributed by atoms with Crippen LogP contribution in [0.3, 0.4) is 0 Å². The normalized spacial score (nSPS) is 14.3. The van der Waals surface area contributed by atoms with Gasteiger partial charge < -0.3 is 10.2 Å². The Morgan fingerprint density at radius 3 is 2.85 bits per heavy atom. The second-order valence-corrected chi connectivity index (χ2v) is 4.89. The number of halogens is 1. The molecule has 0 bridgehead atoms. The lowest BCUT2D eigenvalue weighted by atomic mass is 10.1. The summed E-state index contributed by atoms with van der Waals surface area (Å²) < 4.78 is 13.1. The molecule has 1 amide bonds. The molecule has 2 rings (SSSR count). The Labute approximate surface area is 115 Å². The van der Waals surface area contributed by atoms with Gasteiger partial charge in [-0.2, -0.15) is 0 Å². The topological polar surface area (TPSA) is 75.5 Å². The number of carbonyl (C=O) groups is 1. The van der Waals surface area contributed by atoms with Crippen molar-refractivity contribution in [2.24, 2.45) is 0 Å². The first kappa shape index (κ1) is 14.4. The van der Waals surface area contributed by atoms with Gasteiger partial charge in [-0.3, -0.25) is 14.9 Å². The molecule has 0 aliphatic heterocycles. The summed E-state index contributed by atoms with van der Waals surface area (Å²) in [6.45, 7) is 1.04. The van der Waals surface area contributed by atoms with E-state index in [1.165, 1.54) is 12.8 Å². The maximum atomic E-state index is 13.1. The fourth-order valence-electron chi connectivity index (χ4n) is 1.99. The van der Waals surface area contributed by atoms with E-state index < -0.39 is 16.6 Å². The predicted octanol–water partition coefficient (Wildman–Crippen LogP) is 1.56. The molecule has 6 nitrogen and oxygen atoms in total. The lowest BCUT2D eigenvalue weighted by Gasteiger charge is -2.15. The second kappa shape index (κ2) is 5.96. The number of rotatable bonds is 6. The number of nitro benzene ring substituents is 1. The molecule has 0 unspecified atom stereocenters. The minimum Gasteiger partial charge on any atom is -0.351 e. The second-order valence-electron chi connectivity index (χ2n) is 4.89. The largest absolute Gasteiger partial charge is 0.351 e. The van der Waals surface area contributed by atoms with Crippen molar-refractivity contribution >= 4 is 11.6 Å². The molecule has 1 saturated carbocycles. The van der Waals surface area contributed by atoms with Crippen molar-refractivity contribution in [1.82, 2.24) is 10.2 Å². The lowest BCUT2D eigenvalue weighted by molar-refractivity contribution is -0.385. The molecule has 1 aliphatic rings. The van der Waals surface area contributed by atoms with Crippen molar-refractivity contribution in [1.29, 1.82) is 0 Å². The minimum absolute atomic E-state index is 0.246. The third-order valence-electron chi connectivity index (χ3n) is 3.32. The number of amides is 1. The van der Waals surface area contributed by atoms with E-state index in [4.69, 9.17) is 0 Å². The maximum absolute atomic E-state index is 13.1. The quantitative estimate of drug-likeness (QED) is 0.634. The molecule has 1 aromatic rings. The zero-order chi connectivity index (χ0) is 14.7.